The molecule has 0 atom stereocenters. The summed E-state index contributed by atoms with van der Waals surface area (Å²) in [6.45, 7) is 6.39. The third kappa shape index (κ3) is 2.43. The molecule has 0 aromatic heterocycles. The molecule has 1 heterocycles. The highest BCUT2D eigenvalue weighted by Gasteiger charge is 2.21. The minimum absolute atomic E-state index is 0.210. The third-order valence-electron chi connectivity index (χ3n) is 3.16. The zero-order valence-electron chi connectivity index (χ0n) is 10.5. The Hall–Kier alpha value is -1.51. The zero-order valence-corrected chi connectivity index (χ0v) is 10.5. The van der Waals surface area contributed by atoms with Gasteiger partial charge in [0.05, 0.1) is 17.9 Å². The van der Waals surface area contributed by atoms with Gasteiger partial charge in [0.15, 0.2) is 0 Å². The second-order valence-corrected chi connectivity index (χ2v) is 4.39. The van der Waals surface area contributed by atoms with Gasteiger partial charge in [-0.3, -0.25) is 0 Å². The fourth-order valence-corrected chi connectivity index (χ4v) is 2.39. The highest BCUT2D eigenvalue weighted by molar-refractivity contribution is 5.96. The first-order valence-electron chi connectivity index (χ1n) is 6.25. The van der Waals surface area contributed by atoms with Crippen LogP contribution in [-0.2, 0) is 4.74 Å². The Morgan fingerprint density at radius 2 is 2.06 bits per heavy atom. The van der Waals surface area contributed by atoms with Gasteiger partial charge in [-0.15, -0.1) is 0 Å². The van der Waals surface area contributed by atoms with Gasteiger partial charge in [-0.2, -0.15) is 0 Å². The van der Waals surface area contributed by atoms with Crippen LogP contribution >= 0.6 is 0 Å². The Bertz CT molecular complexity index is 409. The molecule has 92 valence electrons. The fourth-order valence-electron chi connectivity index (χ4n) is 2.39. The maximum Gasteiger partial charge on any atom is 0.340 e. The van der Waals surface area contributed by atoms with Crippen LogP contribution in [0.4, 0.5) is 5.69 Å². The largest absolute Gasteiger partial charge is 0.462 e. The van der Waals surface area contributed by atoms with E-state index in [2.05, 4.69) is 17.9 Å². The Labute approximate surface area is 102 Å². The molecule has 0 unspecified atom stereocenters. The van der Waals surface area contributed by atoms with Gasteiger partial charge >= 0.3 is 5.97 Å². The molecule has 0 radical (unpaired) electrons. The molecule has 1 aliphatic rings. The summed E-state index contributed by atoms with van der Waals surface area (Å²) >= 11 is 0. The molecule has 0 aliphatic carbocycles. The smallest absolute Gasteiger partial charge is 0.340 e. The van der Waals surface area contributed by atoms with Crippen molar-refractivity contribution in [2.45, 2.75) is 26.7 Å². The van der Waals surface area contributed by atoms with E-state index < -0.39 is 0 Å². The van der Waals surface area contributed by atoms with Crippen molar-refractivity contribution < 1.29 is 9.53 Å². The average molecular weight is 233 g/mol. The predicted octanol–water partition coefficient (Wildman–Crippen LogP) is 2.77. The molecule has 0 bridgehead atoms. The molecule has 0 saturated carbocycles. The maximum absolute atomic E-state index is 11.9. The number of ether oxygens (including phenoxy) is 1. The van der Waals surface area contributed by atoms with E-state index in [-0.39, 0.29) is 5.97 Å². The van der Waals surface area contributed by atoms with Crippen LogP contribution in [0.15, 0.2) is 18.2 Å². The van der Waals surface area contributed by atoms with Crippen LogP contribution in [0.2, 0.25) is 0 Å². The number of para-hydroxylation sites is 1. The number of benzene rings is 1. The summed E-state index contributed by atoms with van der Waals surface area (Å²) in [6.07, 6.45) is 2.41. The molecule has 1 aromatic carbocycles. The lowest BCUT2D eigenvalue weighted by molar-refractivity contribution is 0.0527. The maximum atomic E-state index is 11.9. The molecule has 0 N–H and O–H groups in total. The average Bonchev–Trinajstić information content (AvgIpc) is 2.82. The fraction of sp³-hybridized carbons (Fsp3) is 0.500. The molecule has 17 heavy (non-hydrogen) atoms. The summed E-state index contributed by atoms with van der Waals surface area (Å²) in [7, 11) is 0. The normalized spacial score (nSPS) is 15.1. The number of carbonyl (C=O) groups excluding carboxylic acids is 1. The molecule has 3 nitrogen and oxygen atoms in total. The molecule has 2 rings (SSSR count). The Morgan fingerprint density at radius 3 is 2.71 bits per heavy atom. The number of aryl methyl sites for hydroxylation is 1. The van der Waals surface area contributed by atoms with Crippen molar-refractivity contribution in [1.82, 2.24) is 0 Å². The first kappa shape index (κ1) is 12.0. The lowest BCUT2D eigenvalue weighted by Crippen LogP contribution is -2.22. The summed E-state index contributed by atoms with van der Waals surface area (Å²) in [5, 5.41) is 0. The number of hydrogen-bond donors (Lipinski definition) is 0. The van der Waals surface area contributed by atoms with Crippen molar-refractivity contribution in [3.8, 4) is 0 Å². The van der Waals surface area contributed by atoms with E-state index >= 15 is 0 Å². The van der Waals surface area contributed by atoms with Gasteiger partial charge in [0.2, 0.25) is 0 Å². The first-order valence-corrected chi connectivity index (χ1v) is 6.25. The number of hydrogen-bond acceptors (Lipinski definition) is 3. The Balaban J connectivity index is 2.36. The number of carbonyl (C=O) groups is 1. The van der Waals surface area contributed by atoms with Crippen LogP contribution in [-0.4, -0.2) is 25.7 Å². The number of rotatable bonds is 3. The summed E-state index contributed by atoms with van der Waals surface area (Å²) < 4.78 is 5.12. The summed E-state index contributed by atoms with van der Waals surface area (Å²) in [5.74, 6) is -0.210. The standard InChI is InChI=1S/C14H19NO2/c1-3-17-14(16)12-8-6-7-11(2)13(12)15-9-4-5-10-15/h6-8H,3-5,9-10H2,1-2H3. The van der Waals surface area contributed by atoms with E-state index in [0.717, 1.165) is 24.3 Å². The van der Waals surface area contributed by atoms with E-state index in [9.17, 15) is 4.79 Å². The molecule has 1 aliphatic heterocycles. The minimum Gasteiger partial charge on any atom is -0.462 e. The van der Waals surface area contributed by atoms with Crippen molar-refractivity contribution in [1.29, 1.82) is 0 Å². The highest BCUT2D eigenvalue weighted by atomic mass is 16.5. The second kappa shape index (κ2) is 5.21. The van der Waals surface area contributed by atoms with E-state index in [1.165, 1.54) is 12.8 Å². The van der Waals surface area contributed by atoms with Gasteiger partial charge in [0.1, 0.15) is 0 Å². The Morgan fingerprint density at radius 1 is 1.35 bits per heavy atom. The molecule has 3 heteroatoms. The van der Waals surface area contributed by atoms with E-state index in [1.807, 2.05) is 19.1 Å². The Kier molecular flexibility index (Phi) is 3.67. The molecular formula is C14H19NO2. The van der Waals surface area contributed by atoms with E-state index in [4.69, 9.17) is 4.74 Å². The number of esters is 1. The van der Waals surface area contributed by atoms with Crippen molar-refractivity contribution in [3.05, 3.63) is 29.3 Å². The molecule has 0 amide bonds. The van der Waals surface area contributed by atoms with Crippen molar-refractivity contribution in [2.24, 2.45) is 0 Å². The summed E-state index contributed by atoms with van der Waals surface area (Å²) in [5.41, 5.74) is 2.91. The van der Waals surface area contributed by atoms with Gasteiger partial charge < -0.3 is 9.64 Å². The van der Waals surface area contributed by atoms with E-state index in [1.54, 1.807) is 0 Å². The lowest BCUT2D eigenvalue weighted by Gasteiger charge is -2.22. The number of nitrogens with zero attached hydrogens (tertiary/aromatic N) is 1. The summed E-state index contributed by atoms with van der Waals surface area (Å²) in [6, 6.07) is 5.83. The van der Waals surface area contributed by atoms with Crippen molar-refractivity contribution in [3.63, 3.8) is 0 Å². The molecule has 1 aromatic rings. The van der Waals surface area contributed by atoms with Crippen LogP contribution in [0.1, 0.15) is 35.7 Å². The van der Waals surface area contributed by atoms with Gasteiger partial charge in [-0.25, -0.2) is 4.79 Å². The van der Waals surface area contributed by atoms with Crippen molar-refractivity contribution >= 4 is 11.7 Å². The quantitative estimate of drug-likeness (QED) is 0.752. The van der Waals surface area contributed by atoms with Crippen LogP contribution in [0.3, 0.4) is 0 Å². The minimum atomic E-state index is -0.210. The van der Waals surface area contributed by atoms with Crippen LogP contribution in [0.25, 0.3) is 0 Å². The van der Waals surface area contributed by atoms with Gasteiger partial charge in [-0.05, 0) is 38.3 Å². The molecular weight excluding hydrogens is 214 g/mol. The van der Waals surface area contributed by atoms with Gasteiger partial charge in [-0.1, -0.05) is 12.1 Å². The molecule has 1 saturated heterocycles. The third-order valence-corrected chi connectivity index (χ3v) is 3.16. The van der Waals surface area contributed by atoms with E-state index in [0.29, 0.717) is 12.2 Å². The number of anilines is 1. The molecule has 0 spiro atoms. The first-order chi connectivity index (χ1) is 8.24. The van der Waals surface area contributed by atoms with Crippen LogP contribution < -0.4 is 4.90 Å². The second-order valence-electron chi connectivity index (χ2n) is 4.39. The zero-order chi connectivity index (χ0) is 12.3. The van der Waals surface area contributed by atoms with Crippen LogP contribution in [0, 0.1) is 6.92 Å². The monoisotopic (exact) mass is 233 g/mol. The van der Waals surface area contributed by atoms with Crippen LogP contribution in [0.5, 0.6) is 0 Å². The summed E-state index contributed by atoms with van der Waals surface area (Å²) in [4.78, 5) is 14.2. The SMILES string of the molecule is CCOC(=O)c1cccc(C)c1N1CCCC1. The lowest BCUT2D eigenvalue weighted by atomic mass is 10.1. The van der Waals surface area contributed by atoms with Gasteiger partial charge in [0, 0.05) is 13.1 Å². The van der Waals surface area contributed by atoms with Crippen molar-refractivity contribution in [2.75, 3.05) is 24.6 Å². The van der Waals surface area contributed by atoms with Gasteiger partial charge in [0.25, 0.3) is 0 Å². The molecule has 1 fully saturated rings. The predicted molar refractivity (Wildman–Crippen MR) is 68.6 cm³/mol. The highest BCUT2D eigenvalue weighted by Crippen LogP contribution is 2.28. The topological polar surface area (TPSA) is 29.5 Å².